The topological polar surface area (TPSA) is 70.6 Å². The highest BCUT2D eigenvalue weighted by Gasteiger charge is 2.22. The standard InChI is InChI=1S/C15H22N2O3/c1-10(13-5-3-4-8-16-13)17-15(19)12-7-6-11(20-2)9-14(12)18/h6-7,9-10,13,16,18H,3-5,8H2,1-2H3,(H,17,19). The largest absolute Gasteiger partial charge is 0.507 e. The maximum absolute atomic E-state index is 12.2. The van der Waals surface area contributed by atoms with Gasteiger partial charge in [-0.2, -0.15) is 0 Å². The Balaban J connectivity index is 2.00. The summed E-state index contributed by atoms with van der Waals surface area (Å²) < 4.78 is 5.00. The monoisotopic (exact) mass is 278 g/mol. The maximum atomic E-state index is 12.2. The summed E-state index contributed by atoms with van der Waals surface area (Å²) in [4.78, 5) is 12.2. The molecular formula is C15H22N2O3. The average Bonchev–Trinajstić information content (AvgIpc) is 2.47. The molecule has 2 unspecified atom stereocenters. The first-order chi connectivity index (χ1) is 9.61. The van der Waals surface area contributed by atoms with Gasteiger partial charge in [0, 0.05) is 18.2 Å². The molecule has 2 rings (SSSR count). The molecule has 0 radical (unpaired) electrons. The number of phenolic OH excluding ortho intramolecular Hbond substituents is 1. The lowest BCUT2D eigenvalue weighted by Gasteiger charge is -2.29. The molecule has 5 nitrogen and oxygen atoms in total. The van der Waals surface area contributed by atoms with Crippen molar-refractivity contribution in [2.45, 2.75) is 38.3 Å². The van der Waals surface area contributed by atoms with Gasteiger partial charge in [-0.25, -0.2) is 0 Å². The third-order valence-electron chi connectivity index (χ3n) is 3.76. The minimum Gasteiger partial charge on any atom is -0.507 e. The number of rotatable bonds is 4. The Morgan fingerprint density at radius 3 is 2.90 bits per heavy atom. The van der Waals surface area contributed by atoms with Crippen molar-refractivity contribution in [2.24, 2.45) is 0 Å². The molecule has 0 saturated carbocycles. The highest BCUT2D eigenvalue weighted by Crippen LogP contribution is 2.23. The number of methoxy groups -OCH3 is 1. The van der Waals surface area contributed by atoms with E-state index in [9.17, 15) is 9.90 Å². The van der Waals surface area contributed by atoms with Gasteiger partial charge in [-0.15, -0.1) is 0 Å². The zero-order valence-electron chi connectivity index (χ0n) is 12.0. The average molecular weight is 278 g/mol. The molecule has 20 heavy (non-hydrogen) atoms. The van der Waals surface area contributed by atoms with E-state index in [2.05, 4.69) is 10.6 Å². The van der Waals surface area contributed by atoms with Crippen LogP contribution in [-0.2, 0) is 0 Å². The molecule has 2 atom stereocenters. The van der Waals surface area contributed by atoms with Crippen molar-refractivity contribution in [1.82, 2.24) is 10.6 Å². The van der Waals surface area contributed by atoms with Gasteiger partial charge in [-0.1, -0.05) is 6.42 Å². The first-order valence-electron chi connectivity index (χ1n) is 7.03. The molecule has 1 aliphatic heterocycles. The van der Waals surface area contributed by atoms with Crippen molar-refractivity contribution < 1.29 is 14.6 Å². The van der Waals surface area contributed by atoms with Crippen LogP contribution in [0.25, 0.3) is 0 Å². The van der Waals surface area contributed by atoms with Gasteiger partial charge in [0.15, 0.2) is 0 Å². The van der Waals surface area contributed by atoms with Crippen LogP contribution in [0.1, 0.15) is 36.5 Å². The summed E-state index contributed by atoms with van der Waals surface area (Å²) in [5, 5.41) is 16.2. The van der Waals surface area contributed by atoms with Crippen molar-refractivity contribution in [1.29, 1.82) is 0 Å². The van der Waals surface area contributed by atoms with Gasteiger partial charge in [-0.3, -0.25) is 4.79 Å². The van der Waals surface area contributed by atoms with E-state index >= 15 is 0 Å². The molecule has 1 heterocycles. The molecular weight excluding hydrogens is 256 g/mol. The molecule has 1 fully saturated rings. The smallest absolute Gasteiger partial charge is 0.255 e. The molecule has 1 amide bonds. The lowest BCUT2D eigenvalue weighted by atomic mass is 9.99. The summed E-state index contributed by atoms with van der Waals surface area (Å²) in [5.74, 6) is 0.205. The Hall–Kier alpha value is -1.75. The number of phenols is 1. The minimum atomic E-state index is -0.259. The van der Waals surface area contributed by atoms with E-state index in [4.69, 9.17) is 4.74 Å². The number of ether oxygens (including phenoxy) is 1. The SMILES string of the molecule is COc1ccc(C(=O)NC(C)C2CCCCN2)c(O)c1. The van der Waals surface area contributed by atoms with Crippen LogP contribution in [0.3, 0.4) is 0 Å². The fourth-order valence-corrected chi connectivity index (χ4v) is 2.52. The maximum Gasteiger partial charge on any atom is 0.255 e. The van der Waals surface area contributed by atoms with Crippen molar-refractivity contribution in [3.63, 3.8) is 0 Å². The second-order valence-corrected chi connectivity index (χ2v) is 5.20. The number of nitrogens with one attached hydrogen (secondary N) is 2. The van der Waals surface area contributed by atoms with Gasteiger partial charge in [-0.05, 0) is 38.4 Å². The van der Waals surface area contributed by atoms with Gasteiger partial charge in [0.2, 0.25) is 0 Å². The van der Waals surface area contributed by atoms with Crippen LogP contribution in [0.2, 0.25) is 0 Å². The van der Waals surface area contributed by atoms with Crippen molar-refractivity contribution in [2.75, 3.05) is 13.7 Å². The molecule has 1 aromatic carbocycles. The summed E-state index contributed by atoms with van der Waals surface area (Å²) in [7, 11) is 1.52. The van der Waals surface area contributed by atoms with Crippen LogP contribution >= 0.6 is 0 Å². The van der Waals surface area contributed by atoms with Crippen LogP contribution in [0.4, 0.5) is 0 Å². The van der Waals surface area contributed by atoms with Crippen LogP contribution in [0, 0.1) is 0 Å². The van der Waals surface area contributed by atoms with E-state index in [1.54, 1.807) is 12.1 Å². The number of hydrogen-bond acceptors (Lipinski definition) is 4. The van der Waals surface area contributed by atoms with Crippen LogP contribution in [0.5, 0.6) is 11.5 Å². The summed E-state index contributed by atoms with van der Waals surface area (Å²) in [5.41, 5.74) is 0.272. The van der Waals surface area contributed by atoms with Crippen LogP contribution in [0.15, 0.2) is 18.2 Å². The molecule has 0 bridgehead atoms. The normalized spacial score (nSPS) is 20.2. The number of hydrogen-bond donors (Lipinski definition) is 3. The van der Waals surface area contributed by atoms with E-state index in [-0.39, 0.29) is 23.3 Å². The lowest BCUT2D eigenvalue weighted by molar-refractivity contribution is 0.0925. The molecule has 3 N–H and O–H groups in total. The highest BCUT2D eigenvalue weighted by atomic mass is 16.5. The third kappa shape index (κ3) is 3.42. The van der Waals surface area contributed by atoms with Gasteiger partial charge < -0.3 is 20.5 Å². The highest BCUT2D eigenvalue weighted by molar-refractivity contribution is 5.97. The number of amides is 1. The van der Waals surface area contributed by atoms with Gasteiger partial charge in [0.1, 0.15) is 11.5 Å². The van der Waals surface area contributed by atoms with Gasteiger partial charge in [0.05, 0.1) is 12.7 Å². The summed E-state index contributed by atoms with van der Waals surface area (Å²) in [6.07, 6.45) is 3.44. The van der Waals surface area contributed by atoms with E-state index in [0.717, 1.165) is 13.0 Å². The van der Waals surface area contributed by atoms with Crippen LogP contribution < -0.4 is 15.4 Å². The lowest BCUT2D eigenvalue weighted by Crippen LogP contribution is -2.50. The quantitative estimate of drug-likeness (QED) is 0.783. The fourth-order valence-electron chi connectivity index (χ4n) is 2.52. The number of carbonyl (C=O) groups is 1. The van der Waals surface area contributed by atoms with Gasteiger partial charge >= 0.3 is 0 Å². The Kier molecular flexibility index (Phi) is 4.84. The molecule has 5 heteroatoms. The Labute approximate surface area is 119 Å². The summed E-state index contributed by atoms with van der Waals surface area (Å²) >= 11 is 0. The molecule has 0 aliphatic carbocycles. The molecule has 0 aromatic heterocycles. The molecule has 1 aromatic rings. The molecule has 1 aliphatic rings. The third-order valence-corrected chi connectivity index (χ3v) is 3.76. The summed E-state index contributed by atoms with van der Waals surface area (Å²) in [6.45, 7) is 2.99. The van der Waals surface area contributed by atoms with E-state index in [1.807, 2.05) is 6.92 Å². The second-order valence-electron chi connectivity index (χ2n) is 5.20. The molecule has 110 valence electrons. The first kappa shape index (κ1) is 14.7. The first-order valence-corrected chi connectivity index (χ1v) is 7.03. The number of piperidine rings is 1. The fraction of sp³-hybridized carbons (Fsp3) is 0.533. The number of carbonyl (C=O) groups excluding carboxylic acids is 1. The predicted octanol–water partition coefficient (Wildman–Crippen LogP) is 1.66. The molecule has 0 spiro atoms. The zero-order valence-corrected chi connectivity index (χ0v) is 12.0. The van der Waals surface area contributed by atoms with E-state index in [0.29, 0.717) is 11.8 Å². The van der Waals surface area contributed by atoms with Gasteiger partial charge in [0.25, 0.3) is 5.91 Å². The Bertz CT molecular complexity index is 470. The minimum absolute atomic E-state index is 0.0318. The van der Waals surface area contributed by atoms with Crippen LogP contribution in [-0.4, -0.2) is 36.8 Å². The van der Waals surface area contributed by atoms with E-state index < -0.39 is 0 Å². The molecule has 1 saturated heterocycles. The van der Waals surface area contributed by atoms with Crippen molar-refractivity contribution in [3.8, 4) is 11.5 Å². The Morgan fingerprint density at radius 2 is 2.30 bits per heavy atom. The number of aromatic hydroxyl groups is 1. The predicted molar refractivity (Wildman–Crippen MR) is 77.2 cm³/mol. The van der Waals surface area contributed by atoms with E-state index in [1.165, 1.54) is 26.0 Å². The summed E-state index contributed by atoms with van der Waals surface area (Å²) in [6, 6.07) is 5.01. The van der Waals surface area contributed by atoms with Crippen molar-refractivity contribution in [3.05, 3.63) is 23.8 Å². The second kappa shape index (κ2) is 6.61. The Morgan fingerprint density at radius 1 is 1.50 bits per heavy atom. The van der Waals surface area contributed by atoms with Crippen molar-refractivity contribution >= 4 is 5.91 Å². The number of benzene rings is 1. The zero-order chi connectivity index (χ0) is 14.5.